The first-order valence-corrected chi connectivity index (χ1v) is 11.6. The Bertz CT molecular complexity index is 884. The second-order valence-corrected chi connectivity index (χ2v) is 9.30. The van der Waals surface area contributed by atoms with Crippen LogP contribution in [0.25, 0.3) is 10.9 Å². The van der Waals surface area contributed by atoms with Gasteiger partial charge in [0.2, 0.25) is 0 Å². The number of rotatable bonds is 2. The minimum Gasteiger partial charge on any atom is -0.338 e. The normalized spacial score (nSPS) is 25.5. The highest BCUT2D eigenvalue weighted by Crippen LogP contribution is 2.45. The van der Waals surface area contributed by atoms with Crippen molar-refractivity contribution in [1.29, 1.82) is 0 Å². The van der Waals surface area contributed by atoms with Gasteiger partial charge in [0.1, 0.15) is 0 Å². The van der Waals surface area contributed by atoms with E-state index >= 15 is 0 Å². The zero-order valence-corrected chi connectivity index (χ0v) is 17.3. The van der Waals surface area contributed by atoms with Gasteiger partial charge in [-0.25, -0.2) is 0 Å². The van der Waals surface area contributed by atoms with Crippen LogP contribution in [0.15, 0.2) is 24.4 Å². The summed E-state index contributed by atoms with van der Waals surface area (Å²) in [5, 5.41) is 1.53. The first-order valence-electron chi connectivity index (χ1n) is 9.10. The number of likely N-dealkylation sites (tertiary alicyclic amines) is 1. The Hall–Kier alpha value is -1.02. The van der Waals surface area contributed by atoms with Gasteiger partial charge in [0.15, 0.2) is 0 Å². The fraction of sp³-hybridized carbons (Fsp3) is 0.579. The van der Waals surface area contributed by atoms with Crippen LogP contribution in [0.1, 0.15) is 37.3 Å². The van der Waals surface area contributed by atoms with E-state index < -0.39 is 10.1 Å². The van der Waals surface area contributed by atoms with Gasteiger partial charge in [0.05, 0.1) is 12.1 Å². The lowest BCUT2D eigenvalue weighted by atomic mass is 9.72. The summed E-state index contributed by atoms with van der Waals surface area (Å²) in [5.41, 5.74) is 4.49. The molecule has 1 aromatic heterocycles. The van der Waals surface area contributed by atoms with Crippen LogP contribution >= 0.6 is 12.6 Å². The molecule has 2 aliphatic rings. The van der Waals surface area contributed by atoms with Gasteiger partial charge in [0.25, 0.3) is 10.1 Å². The largest absolute Gasteiger partial charge is 0.338 e. The molecule has 0 radical (unpaired) electrons. The van der Waals surface area contributed by atoms with Gasteiger partial charge in [-0.05, 0) is 42.5 Å². The van der Waals surface area contributed by atoms with Crippen LogP contribution in [0, 0.1) is 5.92 Å². The number of benzene rings is 1. The SMILES string of the molecule is CCN1C[C@H](C)C[C@@H]2c3cccc4c3c(cn4CS)C[C@H]21.CS(=O)(=O)O. The van der Waals surface area contributed by atoms with Crippen LogP contribution in [0.2, 0.25) is 0 Å². The lowest BCUT2D eigenvalue weighted by molar-refractivity contribution is 0.0968. The van der Waals surface area contributed by atoms with Gasteiger partial charge >= 0.3 is 0 Å². The van der Waals surface area contributed by atoms with Crippen LogP contribution in [0.4, 0.5) is 0 Å². The maximum Gasteiger partial charge on any atom is 0.261 e. The predicted octanol–water partition coefficient (Wildman–Crippen LogP) is 3.40. The average Bonchev–Trinajstić information content (AvgIpc) is 2.93. The molecule has 1 saturated heterocycles. The van der Waals surface area contributed by atoms with E-state index in [1.807, 2.05) is 0 Å². The van der Waals surface area contributed by atoms with E-state index in [1.165, 1.54) is 42.4 Å². The van der Waals surface area contributed by atoms with Gasteiger partial charge in [-0.15, -0.1) is 0 Å². The monoisotopic (exact) mass is 396 g/mol. The third-order valence-electron chi connectivity index (χ3n) is 5.54. The number of likely N-dealkylation sites (N-methyl/N-ethyl adjacent to an activating group) is 1. The molecule has 0 saturated carbocycles. The fourth-order valence-corrected chi connectivity index (χ4v) is 4.93. The molecular formula is C19H28N2O3S2. The van der Waals surface area contributed by atoms with E-state index in [0.29, 0.717) is 18.2 Å². The number of hydrogen-bond donors (Lipinski definition) is 2. The predicted molar refractivity (Wildman–Crippen MR) is 110 cm³/mol. The van der Waals surface area contributed by atoms with Crippen molar-refractivity contribution in [2.75, 3.05) is 19.3 Å². The van der Waals surface area contributed by atoms with Crippen molar-refractivity contribution in [3.05, 3.63) is 35.5 Å². The zero-order valence-electron chi connectivity index (χ0n) is 15.6. The van der Waals surface area contributed by atoms with Crippen LogP contribution < -0.4 is 0 Å². The number of fused-ring (bicyclic) bond motifs is 2. The van der Waals surface area contributed by atoms with Gasteiger partial charge < -0.3 is 4.57 Å². The third kappa shape index (κ3) is 3.96. The molecule has 2 heterocycles. The second-order valence-electron chi connectivity index (χ2n) is 7.55. The number of piperidine rings is 1. The average molecular weight is 397 g/mol. The molecule has 3 atom stereocenters. The molecule has 1 aromatic carbocycles. The summed E-state index contributed by atoms with van der Waals surface area (Å²) in [4.78, 5) is 2.71. The molecule has 0 bridgehead atoms. The van der Waals surface area contributed by atoms with E-state index in [1.54, 1.807) is 5.56 Å². The van der Waals surface area contributed by atoms with Crippen LogP contribution in [-0.2, 0) is 22.4 Å². The summed E-state index contributed by atoms with van der Waals surface area (Å²) in [7, 11) is -3.67. The fourth-order valence-electron chi connectivity index (χ4n) is 4.70. The molecule has 1 fully saturated rings. The van der Waals surface area contributed by atoms with E-state index in [-0.39, 0.29) is 0 Å². The summed E-state index contributed by atoms with van der Waals surface area (Å²) in [6.07, 6.45) is 5.60. The van der Waals surface area contributed by atoms with Crippen molar-refractivity contribution in [2.24, 2.45) is 5.92 Å². The molecule has 7 heteroatoms. The van der Waals surface area contributed by atoms with Crippen molar-refractivity contribution in [2.45, 2.75) is 44.5 Å². The standard InChI is InChI=1S/C18H24N2S.CH4O3S/c1-3-19-9-12(2)7-15-14-5-4-6-16-18(14)13(8-17(15)19)10-20(16)11-21;1-5(2,3)4/h4-6,10,12,15,17,21H,3,7-9,11H2,1-2H3;1H3,(H,2,3,4)/t12-,15-,17-;/m1./s1. The molecule has 2 aromatic rings. The topological polar surface area (TPSA) is 62.5 Å². The maximum absolute atomic E-state index is 9.19. The molecule has 0 amide bonds. The minimum absolute atomic E-state index is 0.695. The molecule has 1 N–H and O–H groups in total. The van der Waals surface area contributed by atoms with Gasteiger partial charge in [-0.3, -0.25) is 9.45 Å². The molecule has 4 rings (SSSR count). The van der Waals surface area contributed by atoms with Crippen LogP contribution in [0.3, 0.4) is 0 Å². The highest BCUT2D eigenvalue weighted by molar-refractivity contribution is 7.85. The number of aromatic nitrogens is 1. The Labute approximate surface area is 161 Å². The molecule has 0 unspecified atom stereocenters. The third-order valence-corrected chi connectivity index (χ3v) is 5.84. The smallest absolute Gasteiger partial charge is 0.261 e. The van der Waals surface area contributed by atoms with Gasteiger partial charge in [-0.1, -0.05) is 26.0 Å². The highest BCUT2D eigenvalue weighted by atomic mass is 32.2. The molecule has 26 heavy (non-hydrogen) atoms. The molecule has 1 aliphatic carbocycles. The number of thiol groups is 1. The summed E-state index contributed by atoms with van der Waals surface area (Å²) in [6, 6.07) is 7.56. The van der Waals surface area contributed by atoms with E-state index in [9.17, 15) is 8.42 Å². The molecular weight excluding hydrogens is 368 g/mol. The minimum atomic E-state index is -3.67. The quantitative estimate of drug-likeness (QED) is 0.603. The lowest BCUT2D eigenvalue weighted by Gasteiger charge is -2.46. The van der Waals surface area contributed by atoms with Gasteiger partial charge in [-0.2, -0.15) is 21.0 Å². The molecule has 144 valence electrons. The van der Waals surface area contributed by atoms with Crippen LogP contribution in [0.5, 0.6) is 0 Å². The Kier molecular flexibility index (Phi) is 5.72. The lowest BCUT2D eigenvalue weighted by Crippen LogP contribution is -2.49. The Balaban J connectivity index is 0.000000349. The summed E-state index contributed by atoms with van der Waals surface area (Å²) >= 11 is 4.50. The molecule has 0 spiro atoms. The maximum atomic E-state index is 9.19. The van der Waals surface area contributed by atoms with E-state index in [0.717, 1.165) is 11.8 Å². The number of hydrogen-bond acceptors (Lipinski definition) is 4. The number of nitrogens with zero attached hydrogens (tertiary/aromatic N) is 2. The first-order chi connectivity index (χ1) is 12.2. The van der Waals surface area contributed by atoms with E-state index in [2.05, 4.69) is 60.3 Å². The Morgan fingerprint density at radius 1 is 1.35 bits per heavy atom. The van der Waals surface area contributed by atoms with Crippen molar-refractivity contribution >= 4 is 33.6 Å². The molecule has 1 aliphatic heterocycles. The van der Waals surface area contributed by atoms with Crippen molar-refractivity contribution in [1.82, 2.24) is 9.47 Å². The summed E-state index contributed by atoms with van der Waals surface area (Å²) in [5.74, 6) is 2.28. The Morgan fingerprint density at radius 2 is 2.04 bits per heavy atom. The van der Waals surface area contributed by atoms with Crippen molar-refractivity contribution in [3.8, 4) is 0 Å². The first kappa shape index (κ1) is 19.7. The van der Waals surface area contributed by atoms with Crippen molar-refractivity contribution < 1.29 is 13.0 Å². The van der Waals surface area contributed by atoms with Crippen LogP contribution in [-0.4, -0.2) is 47.8 Å². The highest BCUT2D eigenvalue weighted by Gasteiger charge is 2.39. The summed E-state index contributed by atoms with van der Waals surface area (Å²) < 4.78 is 28.2. The van der Waals surface area contributed by atoms with Gasteiger partial charge in [0, 0.05) is 35.6 Å². The summed E-state index contributed by atoms with van der Waals surface area (Å²) in [6.45, 7) is 7.15. The molecule has 5 nitrogen and oxygen atoms in total. The zero-order chi connectivity index (χ0) is 19.1. The second kappa shape index (κ2) is 7.54. The Morgan fingerprint density at radius 3 is 2.65 bits per heavy atom. The van der Waals surface area contributed by atoms with E-state index in [4.69, 9.17) is 4.55 Å². The van der Waals surface area contributed by atoms with Crippen molar-refractivity contribution in [3.63, 3.8) is 0 Å².